The average molecular weight is 508 g/mol. The molecule has 0 heterocycles. The van der Waals surface area contributed by atoms with Crippen LogP contribution in [0.3, 0.4) is 0 Å². The first-order chi connectivity index (χ1) is 17.2. The quantitative estimate of drug-likeness (QED) is 0.423. The van der Waals surface area contributed by atoms with Crippen molar-refractivity contribution < 1.29 is 18.0 Å². The number of nitrogens with zero attached hydrogens (tertiary/aromatic N) is 2. The molecule has 1 N–H and O–H groups in total. The third-order valence-corrected chi connectivity index (χ3v) is 7.63. The molecule has 0 aliphatic heterocycles. The minimum absolute atomic E-state index is 0.0838. The maximum absolute atomic E-state index is 13.7. The van der Waals surface area contributed by atoms with Gasteiger partial charge in [0.05, 0.1) is 10.6 Å². The van der Waals surface area contributed by atoms with Crippen molar-refractivity contribution in [2.75, 3.05) is 17.4 Å². The van der Waals surface area contributed by atoms with E-state index in [0.717, 1.165) is 21.9 Å². The van der Waals surface area contributed by atoms with E-state index in [1.807, 2.05) is 38.1 Å². The van der Waals surface area contributed by atoms with Crippen LogP contribution in [0, 0.1) is 6.92 Å². The number of nitrogens with one attached hydrogen (secondary N) is 1. The molecule has 3 aromatic rings. The minimum Gasteiger partial charge on any atom is -0.354 e. The second-order valence-electron chi connectivity index (χ2n) is 8.63. The molecule has 0 aromatic heterocycles. The molecule has 8 heteroatoms. The van der Waals surface area contributed by atoms with Crippen molar-refractivity contribution in [3.8, 4) is 0 Å². The van der Waals surface area contributed by atoms with Gasteiger partial charge in [-0.05, 0) is 50.1 Å². The van der Waals surface area contributed by atoms with Crippen LogP contribution in [0.25, 0.3) is 0 Å². The maximum atomic E-state index is 13.7. The van der Waals surface area contributed by atoms with Gasteiger partial charge in [0, 0.05) is 13.1 Å². The largest absolute Gasteiger partial charge is 0.354 e. The summed E-state index contributed by atoms with van der Waals surface area (Å²) in [6.07, 6.45) is 0.765. The third kappa shape index (κ3) is 6.73. The Morgan fingerprint density at radius 3 is 2.06 bits per heavy atom. The summed E-state index contributed by atoms with van der Waals surface area (Å²) in [5, 5.41) is 2.84. The zero-order valence-electron chi connectivity index (χ0n) is 20.9. The van der Waals surface area contributed by atoms with Gasteiger partial charge in [-0.15, -0.1) is 0 Å². The molecule has 3 aromatic carbocycles. The van der Waals surface area contributed by atoms with Crippen molar-refractivity contribution in [1.29, 1.82) is 0 Å². The highest BCUT2D eigenvalue weighted by Crippen LogP contribution is 2.24. The highest BCUT2D eigenvalue weighted by Gasteiger charge is 2.32. The molecule has 0 saturated carbocycles. The first-order valence-corrected chi connectivity index (χ1v) is 13.4. The van der Waals surface area contributed by atoms with E-state index < -0.39 is 28.5 Å². The summed E-state index contributed by atoms with van der Waals surface area (Å²) in [6.45, 7) is 5.81. The Balaban J connectivity index is 1.97. The molecule has 0 aliphatic rings. The van der Waals surface area contributed by atoms with Crippen LogP contribution in [0.2, 0.25) is 0 Å². The summed E-state index contributed by atoms with van der Waals surface area (Å²) in [7, 11) is -4.04. The molecule has 2 amide bonds. The number of hydrogen-bond acceptors (Lipinski definition) is 4. The van der Waals surface area contributed by atoms with Crippen LogP contribution in [0.4, 0.5) is 5.69 Å². The summed E-state index contributed by atoms with van der Waals surface area (Å²) >= 11 is 0. The number of carbonyl (C=O) groups is 2. The van der Waals surface area contributed by atoms with Gasteiger partial charge in [0.15, 0.2) is 0 Å². The standard InChI is InChI=1S/C28H33N3O4S/c1-4-19-29-28(33)23(3)30(20-24-17-15-22(2)16-18-24)27(32)21-31(25-11-7-5-8-12-25)36(34,35)26-13-9-6-10-14-26/h5-18,23H,4,19-21H2,1-3H3,(H,29,33)/t23-/m1/s1. The minimum atomic E-state index is -4.04. The number of carbonyl (C=O) groups excluding carboxylic acids is 2. The van der Waals surface area contributed by atoms with Crippen LogP contribution in [0.15, 0.2) is 89.8 Å². The van der Waals surface area contributed by atoms with Gasteiger partial charge in [-0.3, -0.25) is 13.9 Å². The average Bonchev–Trinajstić information content (AvgIpc) is 2.90. The number of anilines is 1. The number of aryl methyl sites for hydroxylation is 1. The lowest BCUT2D eigenvalue weighted by atomic mass is 10.1. The maximum Gasteiger partial charge on any atom is 0.264 e. The predicted molar refractivity (Wildman–Crippen MR) is 142 cm³/mol. The second-order valence-corrected chi connectivity index (χ2v) is 10.5. The molecule has 1 atom stereocenters. The summed E-state index contributed by atoms with van der Waals surface area (Å²) in [5.41, 5.74) is 2.30. The second kappa shape index (κ2) is 12.4. The van der Waals surface area contributed by atoms with E-state index in [2.05, 4.69) is 5.32 Å². The first-order valence-electron chi connectivity index (χ1n) is 12.0. The Morgan fingerprint density at radius 1 is 0.889 bits per heavy atom. The number of rotatable bonds is 11. The Labute approximate surface area is 213 Å². The Kier molecular flexibility index (Phi) is 9.25. The van der Waals surface area contributed by atoms with E-state index in [1.54, 1.807) is 55.5 Å². The highest BCUT2D eigenvalue weighted by atomic mass is 32.2. The molecule has 0 fully saturated rings. The van der Waals surface area contributed by atoms with Crippen LogP contribution in [0.5, 0.6) is 0 Å². The fourth-order valence-electron chi connectivity index (χ4n) is 3.71. The van der Waals surface area contributed by atoms with Crippen molar-refractivity contribution in [1.82, 2.24) is 10.2 Å². The summed E-state index contributed by atoms with van der Waals surface area (Å²) in [5.74, 6) is -0.757. The van der Waals surface area contributed by atoms with Gasteiger partial charge >= 0.3 is 0 Å². The smallest absolute Gasteiger partial charge is 0.264 e. The number of sulfonamides is 1. The molecular formula is C28H33N3O4S. The van der Waals surface area contributed by atoms with Gasteiger partial charge in [-0.1, -0.05) is 73.2 Å². The third-order valence-electron chi connectivity index (χ3n) is 5.84. The molecule has 3 rings (SSSR count). The van der Waals surface area contributed by atoms with E-state index in [-0.39, 0.29) is 17.3 Å². The Bertz CT molecular complexity index is 1250. The Hall–Kier alpha value is -3.65. The van der Waals surface area contributed by atoms with E-state index in [4.69, 9.17) is 0 Å². The molecule has 0 saturated heterocycles. The van der Waals surface area contributed by atoms with E-state index >= 15 is 0 Å². The molecule has 190 valence electrons. The number of para-hydroxylation sites is 1. The fourth-order valence-corrected chi connectivity index (χ4v) is 5.15. The van der Waals surface area contributed by atoms with Crippen LogP contribution in [0.1, 0.15) is 31.4 Å². The van der Waals surface area contributed by atoms with Crippen molar-refractivity contribution in [3.05, 3.63) is 96.1 Å². The predicted octanol–water partition coefficient (Wildman–Crippen LogP) is 4.13. The van der Waals surface area contributed by atoms with E-state index in [9.17, 15) is 18.0 Å². The van der Waals surface area contributed by atoms with Crippen molar-refractivity contribution in [3.63, 3.8) is 0 Å². The Morgan fingerprint density at radius 2 is 1.47 bits per heavy atom. The van der Waals surface area contributed by atoms with Gasteiger partial charge in [-0.2, -0.15) is 0 Å². The molecule has 0 aliphatic carbocycles. The lowest BCUT2D eigenvalue weighted by molar-refractivity contribution is -0.139. The van der Waals surface area contributed by atoms with Gasteiger partial charge in [0.2, 0.25) is 11.8 Å². The SMILES string of the molecule is CCCNC(=O)[C@@H](C)N(Cc1ccc(C)cc1)C(=O)CN(c1ccccc1)S(=O)(=O)c1ccccc1. The zero-order chi connectivity index (χ0) is 26.1. The monoisotopic (exact) mass is 507 g/mol. The lowest BCUT2D eigenvalue weighted by Crippen LogP contribution is -2.51. The molecule has 7 nitrogen and oxygen atoms in total. The van der Waals surface area contributed by atoms with Crippen LogP contribution < -0.4 is 9.62 Å². The van der Waals surface area contributed by atoms with Crippen LogP contribution >= 0.6 is 0 Å². The molecule has 0 bridgehead atoms. The van der Waals surface area contributed by atoms with Gasteiger partial charge in [-0.25, -0.2) is 8.42 Å². The van der Waals surface area contributed by atoms with Crippen molar-refractivity contribution in [2.24, 2.45) is 0 Å². The molecule has 0 radical (unpaired) electrons. The highest BCUT2D eigenvalue weighted by molar-refractivity contribution is 7.92. The molecular weight excluding hydrogens is 474 g/mol. The van der Waals surface area contributed by atoms with Gasteiger partial charge in [0.25, 0.3) is 10.0 Å². The molecule has 36 heavy (non-hydrogen) atoms. The number of benzene rings is 3. The normalized spacial score (nSPS) is 12.0. The number of hydrogen-bond donors (Lipinski definition) is 1. The zero-order valence-corrected chi connectivity index (χ0v) is 21.7. The fraction of sp³-hybridized carbons (Fsp3) is 0.286. The van der Waals surface area contributed by atoms with Crippen LogP contribution in [-0.4, -0.2) is 44.3 Å². The summed E-state index contributed by atoms with van der Waals surface area (Å²) < 4.78 is 28.3. The van der Waals surface area contributed by atoms with Crippen molar-refractivity contribution in [2.45, 2.75) is 44.7 Å². The molecule has 0 spiro atoms. The van der Waals surface area contributed by atoms with E-state index in [1.165, 1.54) is 17.0 Å². The van der Waals surface area contributed by atoms with Gasteiger partial charge in [0.1, 0.15) is 12.6 Å². The lowest BCUT2D eigenvalue weighted by Gasteiger charge is -2.32. The van der Waals surface area contributed by atoms with Crippen LogP contribution in [-0.2, 0) is 26.2 Å². The summed E-state index contributed by atoms with van der Waals surface area (Å²) in [6, 6.07) is 23.4. The summed E-state index contributed by atoms with van der Waals surface area (Å²) in [4.78, 5) is 28.1. The van der Waals surface area contributed by atoms with E-state index in [0.29, 0.717) is 12.2 Å². The first kappa shape index (κ1) is 26.9. The number of amides is 2. The topological polar surface area (TPSA) is 86.8 Å². The van der Waals surface area contributed by atoms with Gasteiger partial charge < -0.3 is 10.2 Å². The molecule has 0 unspecified atom stereocenters. The van der Waals surface area contributed by atoms with Crippen molar-refractivity contribution >= 4 is 27.5 Å².